The fourth-order valence-corrected chi connectivity index (χ4v) is 2.11. The normalized spacial score (nSPS) is 24.0. The van der Waals surface area contributed by atoms with Gasteiger partial charge in [-0.05, 0) is 13.0 Å². The molecule has 0 bridgehead atoms. The maximum absolute atomic E-state index is 9.18. The molecule has 0 saturated carbocycles. The predicted molar refractivity (Wildman–Crippen MR) is 71.6 cm³/mol. The van der Waals surface area contributed by atoms with E-state index >= 15 is 0 Å². The minimum atomic E-state index is -0.220. The Bertz CT molecular complexity index is 443. The van der Waals surface area contributed by atoms with Crippen LogP contribution in [-0.2, 0) is 4.74 Å². The second-order valence-electron chi connectivity index (χ2n) is 4.27. The van der Waals surface area contributed by atoms with Gasteiger partial charge in [-0.2, -0.15) is 5.10 Å². The van der Waals surface area contributed by atoms with Crippen molar-refractivity contribution >= 4 is 23.0 Å². The summed E-state index contributed by atoms with van der Waals surface area (Å²) in [6.45, 7) is 3.07. The highest BCUT2D eigenvalue weighted by molar-refractivity contribution is 7.80. The molecule has 1 saturated heterocycles. The zero-order chi connectivity index (χ0) is 13.1. The molecule has 0 aliphatic carbocycles. The van der Waals surface area contributed by atoms with E-state index in [1.165, 1.54) is 0 Å². The third-order valence-electron chi connectivity index (χ3n) is 2.95. The highest BCUT2D eigenvalue weighted by Crippen LogP contribution is 2.22. The number of nitrogens with zero attached hydrogens (tertiary/aromatic N) is 3. The number of aliphatic hydroxyl groups excluding tert-OH is 1. The number of hydrogen-bond acceptors (Lipinski definition) is 6. The minimum absolute atomic E-state index is 0.0219. The monoisotopic (exact) mass is 268 g/mol. The van der Waals surface area contributed by atoms with Gasteiger partial charge in [0, 0.05) is 6.54 Å². The number of thiocarbonyl (C=S) groups is 1. The van der Waals surface area contributed by atoms with E-state index in [1.54, 1.807) is 12.3 Å². The molecule has 1 aromatic rings. The first-order valence-electron chi connectivity index (χ1n) is 5.74. The van der Waals surface area contributed by atoms with E-state index in [0.717, 1.165) is 0 Å². The number of hydrogen-bond donors (Lipinski definition) is 2. The standard InChI is InChI=1S/C11H16N4O2S/c1-7-6-17-8(5-16)4-15(7)11-9(10(12)18)2-3-13-14-11/h2-3,7-8,16H,4-6H2,1H3,(H2,12,18). The Morgan fingerprint density at radius 1 is 1.72 bits per heavy atom. The molecular formula is C11H16N4O2S. The van der Waals surface area contributed by atoms with Gasteiger partial charge in [0.2, 0.25) is 0 Å². The first kappa shape index (κ1) is 13.1. The zero-order valence-electron chi connectivity index (χ0n) is 10.1. The predicted octanol–water partition coefficient (Wildman–Crippen LogP) is -0.303. The molecule has 2 rings (SSSR count). The lowest BCUT2D eigenvalue weighted by Crippen LogP contribution is -2.50. The van der Waals surface area contributed by atoms with Gasteiger partial charge in [0.1, 0.15) is 4.99 Å². The molecule has 98 valence electrons. The average molecular weight is 268 g/mol. The Kier molecular flexibility index (Phi) is 4.05. The van der Waals surface area contributed by atoms with E-state index in [2.05, 4.69) is 10.2 Å². The van der Waals surface area contributed by atoms with Gasteiger partial charge in [-0.3, -0.25) is 0 Å². The molecule has 0 amide bonds. The average Bonchev–Trinajstić information content (AvgIpc) is 2.39. The molecule has 0 spiro atoms. The Labute approximate surface area is 111 Å². The molecule has 6 nitrogen and oxygen atoms in total. The molecule has 1 fully saturated rings. The van der Waals surface area contributed by atoms with Gasteiger partial charge in [0.25, 0.3) is 0 Å². The van der Waals surface area contributed by atoms with Gasteiger partial charge in [0.15, 0.2) is 5.82 Å². The number of morpholine rings is 1. The van der Waals surface area contributed by atoms with E-state index < -0.39 is 0 Å². The number of aliphatic hydroxyl groups is 1. The van der Waals surface area contributed by atoms with Gasteiger partial charge in [0.05, 0.1) is 37.1 Å². The third-order valence-corrected chi connectivity index (χ3v) is 3.17. The summed E-state index contributed by atoms with van der Waals surface area (Å²) in [5.41, 5.74) is 6.39. The summed E-state index contributed by atoms with van der Waals surface area (Å²) < 4.78 is 5.49. The van der Waals surface area contributed by atoms with Crippen LogP contribution >= 0.6 is 12.2 Å². The van der Waals surface area contributed by atoms with Crippen LogP contribution in [-0.4, -0.2) is 52.2 Å². The zero-order valence-corrected chi connectivity index (χ0v) is 10.9. The molecule has 1 aliphatic heterocycles. The fraction of sp³-hybridized carbons (Fsp3) is 0.545. The molecule has 2 unspecified atom stereocenters. The van der Waals surface area contributed by atoms with Crippen LogP contribution in [0.4, 0.5) is 5.82 Å². The number of anilines is 1. The number of rotatable bonds is 3. The lowest BCUT2D eigenvalue weighted by atomic mass is 10.1. The number of aromatic nitrogens is 2. The van der Waals surface area contributed by atoms with E-state index in [0.29, 0.717) is 29.5 Å². The summed E-state index contributed by atoms with van der Waals surface area (Å²) >= 11 is 5.02. The van der Waals surface area contributed by atoms with Crippen LogP contribution < -0.4 is 10.6 Å². The Morgan fingerprint density at radius 3 is 3.17 bits per heavy atom. The first-order chi connectivity index (χ1) is 8.63. The van der Waals surface area contributed by atoms with Crippen LogP contribution in [0.5, 0.6) is 0 Å². The second kappa shape index (κ2) is 5.55. The molecule has 1 aromatic heterocycles. The third kappa shape index (κ3) is 2.58. The maximum atomic E-state index is 9.18. The molecule has 1 aliphatic rings. The quantitative estimate of drug-likeness (QED) is 0.728. The maximum Gasteiger partial charge on any atom is 0.161 e. The molecule has 2 atom stereocenters. The highest BCUT2D eigenvalue weighted by Gasteiger charge is 2.28. The smallest absolute Gasteiger partial charge is 0.161 e. The molecule has 7 heteroatoms. The summed E-state index contributed by atoms with van der Waals surface area (Å²) in [5, 5.41) is 17.2. The summed E-state index contributed by atoms with van der Waals surface area (Å²) in [4.78, 5) is 2.31. The summed E-state index contributed by atoms with van der Waals surface area (Å²) in [5.74, 6) is 0.652. The van der Waals surface area contributed by atoms with Gasteiger partial charge in [-0.25, -0.2) is 0 Å². The molecule has 0 radical (unpaired) electrons. The lowest BCUT2D eigenvalue weighted by Gasteiger charge is -2.38. The van der Waals surface area contributed by atoms with Crippen molar-refractivity contribution in [2.75, 3.05) is 24.7 Å². The first-order valence-corrected chi connectivity index (χ1v) is 6.15. The van der Waals surface area contributed by atoms with E-state index in [1.807, 2.05) is 11.8 Å². The lowest BCUT2D eigenvalue weighted by molar-refractivity contribution is -0.0106. The van der Waals surface area contributed by atoms with Crippen LogP contribution in [0.1, 0.15) is 12.5 Å². The van der Waals surface area contributed by atoms with Crippen LogP contribution in [0.15, 0.2) is 12.3 Å². The van der Waals surface area contributed by atoms with Crippen LogP contribution in [0, 0.1) is 0 Å². The minimum Gasteiger partial charge on any atom is -0.394 e. The molecule has 2 heterocycles. The van der Waals surface area contributed by atoms with Gasteiger partial charge >= 0.3 is 0 Å². The number of ether oxygens (including phenoxy) is 1. The summed E-state index contributed by atoms with van der Waals surface area (Å²) in [6.07, 6.45) is 1.34. The van der Waals surface area contributed by atoms with Crippen LogP contribution in [0.25, 0.3) is 0 Å². The summed E-state index contributed by atoms with van der Waals surface area (Å²) in [6, 6.07) is 1.89. The molecule has 18 heavy (non-hydrogen) atoms. The van der Waals surface area contributed by atoms with Crippen molar-refractivity contribution in [3.8, 4) is 0 Å². The Balaban J connectivity index is 2.31. The van der Waals surface area contributed by atoms with Crippen molar-refractivity contribution in [1.82, 2.24) is 10.2 Å². The van der Waals surface area contributed by atoms with E-state index in [9.17, 15) is 5.11 Å². The van der Waals surface area contributed by atoms with Gasteiger partial charge in [-0.1, -0.05) is 12.2 Å². The van der Waals surface area contributed by atoms with Crippen molar-refractivity contribution < 1.29 is 9.84 Å². The van der Waals surface area contributed by atoms with Crippen molar-refractivity contribution in [1.29, 1.82) is 0 Å². The molecule has 3 N–H and O–H groups in total. The van der Waals surface area contributed by atoms with E-state index in [-0.39, 0.29) is 18.8 Å². The van der Waals surface area contributed by atoms with Crippen molar-refractivity contribution in [2.24, 2.45) is 5.73 Å². The highest BCUT2D eigenvalue weighted by atomic mass is 32.1. The SMILES string of the molecule is CC1COC(CO)CN1c1nnccc1C(N)=S. The second-order valence-corrected chi connectivity index (χ2v) is 4.71. The van der Waals surface area contributed by atoms with Crippen molar-refractivity contribution in [3.05, 3.63) is 17.8 Å². The van der Waals surface area contributed by atoms with Gasteiger partial charge in [-0.15, -0.1) is 5.10 Å². The van der Waals surface area contributed by atoms with Crippen LogP contribution in [0.2, 0.25) is 0 Å². The van der Waals surface area contributed by atoms with E-state index in [4.69, 9.17) is 22.7 Å². The fourth-order valence-electron chi connectivity index (χ4n) is 1.95. The molecular weight excluding hydrogens is 252 g/mol. The Hall–Kier alpha value is -1.31. The number of nitrogens with two attached hydrogens (primary N) is 1. The van der Waals surface area contributed by atoms with Crippen molar-refractivity contribution in [3.63, 3.8) is 0 Å². The topological polar surface area (TPSA) is 84.5 Å². The summed E-state index contributed by atoms with van der Waals surface area (Å²) in [7, 11) is 0. The van der Waals surface area contributed by atoms with Crippen LogP contribution in [0.3, 0.4) is 0 Å². The van der Waals surface area contributed by atoms with Crippen molar-refractivity contribution in [2.45, 2.75) is 19.1 Å². The van der Waals surface area contributed by atoms with Gasteiger partial charge < -0.3 is 20.5 Å². The largest absolute Gasteiger partial charge is 0.394 e. The molecule has 0 aromatic carbocycles. The Morgan fingerprint density at radius 2 is 2.50 bits per heavy atom.